The molecule has 1 amide bonds. The van der Waals surface area contributed by atoms with E-state index >= 15 is 0 Å². The van der Waals surface area contributed by atoms with Crippen LogP contribution in [0.15, 0.2) is 48.5 Å². The van der Waals surface area contributed by atoms with Gasteiger partial charge in [0.1, 0.15) is 6.07 Å². The third kappa shape index (κ3) is 4.35. The highest BCUT2D eigenvalue weighted by Gasteiger charge is 2.04. The molecule has 2 aromatic carbocycles. The molecule has 0 aliphatic heterocycles. The number of hydrogen-bond acceptors (Lipinski definition) is 3. The van der Waals surface area contributed by atoms with Gasteiger partial charge in [0, 0.05) is 19.5 Å². The summed E-state index contributed by atoms with van der Waals surface area (Å²) < 4.78 is 0. The molecule has 0 radical (unpaired) electrons. The highest BCUT2D eigenvalue weighted by molar-refractivity contribution is 5.76. The maximum atomic E-state index is 11.9. The van der Waals surface area contributed by atoms with Crippen molar-refractivity contribution in [3.8, 4) is 6.07 Å². The molecule has 2 aromatic rings. The van der Waals surface area contributed by atoms with Crippen molar-refractivity contribution in [3.63, 3.8) is 0 Å². The Morgan fingerprint density at radius 1 is 1.14 bits per heavy atom. The van der Waals surface area contributed by atoms with E-state index in [4.69, 9.17) is 5.26 Å². The van der Waals surface area contributed by atoms with Crippen molar-refractivity contribution in [1.29, 1.82) is 5.26 Å². The molecule has 0 heterocycles. The molecule has 0 bridgehead atoms. The molecule has 0 aliphatic carbocycles. The molecule has 0 saturated carbocycles. The molecule has 0 spiro atoms. The fourth-order valence-corrected chi connectivity index (χ4v) is 2.14. The first kappa shape index (κ1) is 15.6. The summed E-state index contributed by atoms with van der Waals surface area (Å²) in [5.41, 5.74) is 3.64. The van der Waals surface area contributed by atoms with Gasteiger partial charge in [-0.25, -0.2) is 0 Å². The van der Waals surface area contributed by atoms with Crippen molar-refractivity contribution in [1.82, 2.24) is 5.32 Å². The van der Waals surface area contributed by atoms with Crippen LogP contribution in [0.3, 0.4) is 0 Å². The molecule has 0 fully saturated rings. The number of benzene rings is 2. The Bertz CT molecular complexity index is 689. The maximum absolute atomic E-state index is 11.9. The van der Waals surface area contributed by atoms with Gasteiger partial charge in [-0.3, -0.25) is 4.79 Å². The molecule has 0 unspecified atom stereocenters. The summed E-state index contributed by atoms with van der Waals surface area (Å²) in [6.07, 6.45) is 0.367. The lowest BCUT2D eigenvalue weighted by molar-refractivity contribution is -0.121. The van der Waals surface area contributed by atoms with Gasteiger partial charge in [-0.2, -0.15) is 5.26 Å². The quantitative estimate of drug-likeness (QED) is 0.860. The first-order valence-corrected chi connectivity index (χ1v) is 7.25. The molecule has 0 aromatic heterocycles. The van der Waals surface area contributed by atoms with Crippen LogP contribution >= 0.6 is 0 Å². The SMILES string of the molecule is Cc1ccccc1CNC(=O)CCNc1ccccc1C#N. The maximum Gasteiger partial charge on any atom is 0.222 e. The van der Waals surface area contributed by atoms with Gasteiger partial charge >= 0.3 is 0 Å². The van der Waals surface area contributed by atoms with Crippen LogP contribution in [0.1, 0.15) is 23.1 Å². The molecule has 0 atom stereocenters. The van der Waals surface area contributed by atoms with E-state index in [1.165, 1.54) is 5.56 Å². The van der Waals surface area contributed by atoms with Gasteiger partial charge in [-0.15, -0.1) is 0 Å². The summed E-state index contributed by atoms with van der Waals surface area (Å²) in [6.45, 7) is 3.07. The zero-order valence-electron chi connectivity index (χ0n) is 12.6. The van der Waals surface area contributed by atoms with Crippen molar-refractivity contribution < 1.29 is 4.79 Å². The van der Waals surface area contributed by atoms with Crippen molar-refractivity contribution >= 4 is 11.6 Å². The average Bonchev–Trinajstić information content (AvgIpc) is 2.54. The van der Waals surface area contributed by atoms with Crippen LogP contribution in [0.2, 0.25) is 0 Å². The Morgan fingerprint density at radius 2 is 1.86 bits per heavy atom. The Morgan fingerprint density at radius 3 is 2.64 bits per heavy atom. The predicted molar refractivity (Wildman–Crippen MR) is 87.3 cm³/mol. The number of nitrogens with zero attached hydrogens (tertiary/aromatic N) is 1. The second kappa shape index (κ2) is 7.84. The van der Waals surface area contributed by atoms with Gasteiger partial charge in [0.05, 0.1) is 11.3 Å². The lowest BCUT2D eigenvalue weighted by atomic mass is 10.1. The molecule has 0 saturated heterocycles. The zero-order valence-corrected chi connectivity index (χ0v) is 12.6. The summed E-state index contributed by atoms with van der Waals surface area (Å²) in [5, 5.41) is 15.0. The molecule has 22 heavy (non-hydrogen) atoms. The number of amides is 1. The highest BCUT2D eigenvalue weighted by Crippen LogP contribution is 2.13. The topological polar surface area (TPSA) is 64.9 Å². The number of anilines is 1. The number of carbonyl (C=O) groups excluding carboxylic acids is 1. The highest BCUT2D eigenvalue weighted by atomic mass is 16.1. The monoisotopic (exact) mass is 293 g/mol. The Hall–Kier alpha value is -2.80. The zero-order chi connectivity index (χ0) is 15.8. The van der Waals surface area contributed by atoms with Crippen LogP contribution in [0, 0.1) is 18.3 Å². The van der Waals surface area contributed by atoms with E-state index < -0.39 is 0 Å². The van der Waals surface area contributed by atoms with Crippen molar-refractivity contribution in [3.05, 3.63) is 65.2 Å². The van der Waals surface area contributed by atoms with Crippen molar-refractivity contribution in [2.45, 2.75) is 19.9 Å². The summed E-state index contributed by atoms with van der Waals surface area (Å²) in [7, 11) is 0. The van der Waals surface area contributed by atoms with Crippen molar-refractivity contribution in [2.75, 3.05) is 11.9 Å². The number of nitriles is 1. The van der Waals surface area contributed by atoms with Crippen LogP contribution in [-0.4, -0.2) is 12.5 Å². The lowest BCUT2D eigenvalue weighted by Crippen LogP contribution is -2.25. The van der Waals surface area contributed by atoms with E-state index in [1.807, 2.05) is 49.4 Å². The Kier molecular flexibility index (Phi) is 5.56. The second-order valence-electron chi connectivity index (χ2n) is 5.04. The molecule has 2 N–H and O–H groups in total. The molecular formula is C18H19N3O. The largest absolute Gasteiger partial charge is 0.383 e. The minimum atomic E-state index is -0.00908. The molecule has 0 aliphatic rings. The van der Waals surface area contributed by atoms with E-state index in [0.29, 0.717) is 25.1 Å². The van der Waals surface area contributed by atoms with E-state index in [1.54, 1.807) is 6.07 Å². The first-order chi connectivity index (χ1) is 10.7. The van der Waals surface area contributed by atoms with E-state index in [-0.39, 0.29) is 5.91 Å². The van der Waals surface area contributed by atoms with Gasteiger partial charge in [-0.1, -0.05) is 36.4 Å². The predicted octanol–water partition coefficient (Wildman–Crippen LogP) is 2.99. The smallest absolute Gasteiger partial charge is 0.222 e. The van der Waals surface area contributed by atoms with Crippen LogP contribution in [0.4, 0.5) is 5.69 Å². The van der Waals surface area contributed by atoms with E-state index in [9.17, 15) is 4.79 Å². The van der Waals surface area contributed by atoms with Gasteiger partial charge in [0.25, 0.3) is 0 Å². The molecule has 2 rings (SSSR count). The van der Waals surface area contributed by atoms with E-state index in [2.05, 4.69) is 16.7 Å². The number of rotatable bonds is 6. The molecule has 112 valence electrons. The van der Waals surface area contributed by atoms with Gasteiger partial charge < -0.3 is 10.6 Å². The molecular weight excluding hydrogens is 274 g/mol. The third-order valence-electron chi connectivity index (χ3n) is 3.45. The summed E-state index contributed by atoms with van der Waals surface area (Å²) >= 11 is 0. The molecule has 4 heteroatoms. The fourth-order valence-electron chi connectivity index (χ4n) is 2.14. The summed E-state index contributed by atoms with van der Waals surface area (Å²) in [6, 6.07) is 17.4. The van der Waals surface area contributed by atoms with Crippen LogP contribution < -0.4 is 10.6 Å². The molecule has 4 nitrogen and oxygen atoms in total. The van der Waals surface area contributed by atoms with Gasteiger partial charge in [0.15, 0.2) is 0 Å². The summed E-state index contributed by atoms with van der Waals surface area (Å²) in [4.78, 5) is 11.9. The van der Waals surface area contributed by atoms with Gasteiger partial charge in [0.2, 0.25) is 5.91 Å². The van der Waals surface area contributed by atoms with Gasteiger partial charge in [-0.05, 0) is 30.2 Å². The van der Waals surface area contributed by atoms with Crippen LogP contribution in [0.25, 0.3) is 0 Å². The summed E-state index contributed by atoms with van der Waals surface area (Å²) in [5.74, 6) is -0.00908. The lowest BCUT2D eigenvalue weighted by Gasteiger charge is -2.09. The minimum absolute atomic E-state index is 0.00908. The van der Waals surface area contributed by atoms with Crippen LogP contribution in [-0.2, 0) is 11.3 Å². The minimum Gasteiger partial charge on any atom is -0.383 e. The third-order valence-corrected chi connectivity index (χ3v) is 3.45. The van der Waals surface area contributed by atoms with Crippen molar-refractivity contribution in [2.24, 2.45) is 0 Å². The Labute approximate surface area is 130 Å². The average molecular weight is 293 g/mol. The van der Waals surface area contributed by atoms with Crippen LogP contribution in [0.5, 0.6) is 0 Å². The normalized spacial score (nSPS) is 9.82. The standard InChI is InChI=1S/C18H19N3O/c1-14-6-2-3-8-16(14)13-21-18(22)10-11-20-17-9-5-4-7-15(17)12-19/h2-9,20H,10-11,13H2,1H3,(H,21,22). The number of carbonyl (C=O) groups is 1. The second-order valence-corrected chi connectivity index (χ2v) is 5.04. The number of hydrogen-bond donors (Lipinski definition) is 2. The number of nitrogens with one attached hydrogen (secondary N) is 2. The number of para-hydroxylation sites is 1. The van der Waals surface area contributed by atoms with E-state index in [0.717, 1.165) is 11.3 Å². The Balaban J connectivity index is 1.77. The number of aryl methyl sites for hydroxylation is 1. The fraction of sp³-hybridized carbons (Fsp3) is 0.222. The first-order valence-electron chi connectivity index (χ1n) is 7.25.